The average molecular weight is 293 g/mol. The van der Waals surface area contributed by atoms with E-state index in [2.05, 4.69) is 30.5 Å². The Kier molecular flexibility index (Phi) is 4.11. The molecule has 0 bridgehead atoms. The Hall–Kier alpha value is 0.160. The molecular weight excluding hydrogens is 280 g/mol. The molecule has 0 amide bonds. The van der Waals surface area contributed by atoms with Crippen LogP contribution < -0.4 is 4.72 Å². The zero-order valence-corrected chi connectivity index (χ0v) is 12.5. The SMILES string of the molecule is CC(C)C(C)SC1=Nc2cc(Cl)sc2SN1. The molecule has 88 valence electrons. The normalized spacial score (nSPS) is 16.7. The number of nitrogens with zero attached hydrogens (tertiary/aromatic N) is 1. The van der Waals surface area contributed by atoms with Crippen molar-refractivity contribution in [3.05, 3.63) is 10.4 Å². The fourth-order valence-electron chi connectivity index (χ4n) is 1.07. The first-order valence-electron chi connectivity index (χ1n) is 5.04. The highest BCUT2D eigenvalue weighted by Crippen LogP contribution is 2.42. The molecule has 2 rings (SSSR count). The lowest BCUT2D eigenvalue weighted by molar-refractivity contribution is 0.644. The van der Waals surface area contributed by atoms with Gasteiger partial charge in [0, 0.05) is 5.25 Å². The molecule has 0 saturated heterocycles. The van der Waals surface area contributed by atoms with Crippen molar-refractivity contribution >= 4 is 57.5 Å². The molecule has 1 aromatic heterocycles. The molecule has 1 N–H and O–H groups in total. The number of hydrogen-bond acceptors (Lipinski definition) is 5. The number of fused-ring (bicyclic) bond motifs is 1. The number of thioether (sulfide) groups is 1. The molecule has 1 aliphatic heterocycles. The van der Waals surface area contributed by atoms with Crippen molar-refractivity contribution in [2.24, 2.45) is 10.9 Å². The second kappa shape index (κ2) is 5.21. The van der Waals surface area contributed by atoms with Crippen LogP contribution in [0.15, 0.2) is 15.3 Å². The Morgan fingerprint density at radius 1 is 1.44 bits per heavy atom. The van der Waals surface area contributed by atoms with E-state index in [-0.39, 0.29) is 0 Å². The summed E-state index contributed by atoms with van der Waals surface area (Å²) < 4.78 is 5.20. The van der Waals surface area contributed by atoms with Crippen LogP contribution in [0.1, 0.15) is 20.8 Å². The quantitative estimate of drug-likeness (QED) is 0.794. The highest BCUT2D eigenvalue weighted by molar-refractivity contribution is 8.16. The number of amidine groups is 1. The Morgan fingerprint density at radius 3 is 2.88 bits per heavy atom. The van der Waals surface area contributed by atoms with E-state index >= 15 is 0 Å². The van der Waals surface area contributed by atoms with E-state index in [1.165, 1.54) is 0 Å². The molecule has 2 nitrogen and oxygen atoms in total. The van der Waals surface area contributed by atoms with Crippen molar-refractivity contribution < 1.29 is 0 Å². The van der Waals surface area contributed by atoms with Crippen LogP contribution >= 0.6 is 46.6 Å². The van der Waals surface area contributed by atoms with Gasteiger partial charge in [-0.2, -0.15) is 0 Å². The number of aliphatic imine (C=N–C) groups is 1. The first-order valence-corrected chi connectivity index (χ1v) is 7.93. The predicted molar refractivity (Wildman–Crippen MR) is 77.3 cm³/mol. The van der Waals surface area contributed by atoms with Crippen molar-refractivity contribution in [3.63, 3.8) is 0 Å². The van der Waals surface area contributed by atoms with Gasteiger partial charge in [0.25, 0.3) is 0 Å². The molecule has 0 fully saturated rings. The fraction of sp³-hybridized carbons (Fsp3) is 0.500. The second-order valence-electron chi connectivity index (χ2n) is 3.91. The summed E-state index contributed by atoms with van der Waals surface area (Å²) in [6, 6.07) is 1.93. The van der Waals surface area contributed by atoms with E-state index in [4.69, 9.17) is 11.6 Å². The summed E-state index contributed by atoms with van der Waals surface area (Å²) in [5, 5.41) is 1.54. The highest BCUT2D eigenvalue weighted by Gasteiger charge is 2.18. The molecule has 0 radical (unpaired) electrons. The Labute approximate surface area is 113 Å². The maximum absolute atomic E-state index is 5.96. The van der Waals surface area contributed by atoms with Gasteiger partial charge in [-0.05, 0) is 23.9 Å². The molecule has 1 atom stereocenters. The summed E-state index contributed by atoms with van der Waals surface area (Å²) >= 11 is 10.9. The third kappa shape index (κ3) is 2.88. The summed E-state index contributed by atoms with van der Waals surface area (Å²) in [6.07, 6.45) is 0. The van der Waals surface area contributed by atoms with E-state index < -0.39 is 0 Å². The molecule has 0 saturated carbocycles. The van der Waals surface area contributed by atoms with E-state index in [0.717, 1.165) is 19.4 Å². The summed E-state index contributed by atoms with van der Waals surface area (Å²) in [5.41, 5.74) is 0.997. The van der Waals surface area contributed by atoms with Gasteiger partial charge < -0.3 is 4.72 Å². The summed E-state index contributed by atoms with van der Waals surface area (Å²) in [4.78, 5) is 4.56. The zero-order valence-electron chi connectivity index (χ0n) is 9.28. The maximum atomic E-state index is 5.96. The standard InChI is InChI=1S/C10H13ClN2S3/c1-5(2)6(3)14-10-12-7-4-8(11)15-9(7)16-13-10/h4-6H,1-3H3,(H,12,13). The lowest BCUT2D eigenvalue weighted by Gasteiger charge is -2.18. The third-order valence-corrected chi connectivity index (χ3v) is 6.04. The van der Waals surface area contributed by atoms with Crippen LogP contribution in [0.4, 0.5) is 5.69 Å². The monoisotopic (exact) mass is 292 g/mol. The minimum atomic E-state index is 0.558. The second-order valence-corrected chi connectivity index (χ2v) is 8.04. The number of rotatable bonds is 2. The van der Waals surface area contributed by atoms with Crippen molar-refractivity contribution in [2.75, 3.05) is 0 Å². The number of hydrogen-bond donors (Lipinski definition) is 1. The molecule has 1 unspecified atom stereocenters. The molecule has 1 aliphatic rings. The van der Waals surface area contributed by atoms with Gasteiger partial charge in [0.15, 0.2) is 5.17 Å². The fourth-order valence-corrected chi connectivity index (χ4v) is 4.19. The van der Waals surface area contributed by atoms with Crippen LogP contribution in [0, 0.1) is 5.92 Å². The van der Waals surface area contributed by atoms with E-state index in [1.54, 1.807) is 35.0 Å². The van der Waals surface area contributed by atoms with Crippen LogP contribution in [0.2, 0.25) is 4.34 Å². The van der Waals surface area contributed by atoms with E-state index in [0.29, 0.717) is 11.2 Å². The number of thiophene rings is 1. The van der Waals surface area contributed by atoms with Crippen LogP contribution in [0.3, 0.4) is 0 Å². The van der Waals surface area contributed by atoms with Gasteiger partial charge in [-0.1, -0.05) is 44.1 Å². The summed E-state index contributed by atoms with van der Waals surface area (Å²) in [6.45, 7) is 6.67. The van der Waals surface area contributed by atoms with Gasteiger partial charge >= 0.3 is 0 Å². The Bertz CT molecular complexity index is 414. The number of nitrogens with one attached hydrogen (secondary N) is 1. The Morgan fingerprint density at radius 2 is 2.19 bits per heavy atom. The van der Waals surface area contributed by atoms with Crippen molar-refractivity contribution in [1.82, 2.24) is 4.72 Å². The smallest absolute Gasteiger partial charge is 0.172 e. The lowest BCUT2D eigenvalue weighted by Crippen LogP contribution is -2.19. The topological polar surface area (TPSA) is 24.4 Å². The van der Waals surface area contributed by atoms with Gasteiger partial charge in [0.1, 0.15) is 4.21 Å². The van der Waals surface area contributed by atoms with E-state index in [1.807, 2.05) is 6.07 Å². The van der Waals surface area contributed by atoms with Crippen molar-refractivity contribution in [3.8, 4) is 0 Å². The first-order chi connectivity index (χ1) is 7.56. The molecule has 6 heteroatoms. The lowest BCUT2D eigenvalue weighted by atomic mass is 10.2. The zero-order chi connectivity index (χ0) is 11.7. The average Bonchev–Trinajstić information content (AvgIpc) is 2.57. The molecule has 0 aliphatic carbocycles. The molecular formula is C10H13ClN2S3. The number of halogens is 1. The third-order valence-electron chi connectivity index (χ3n) is 2.34. The minimum Gasteiger partial charge on any atom is -0.304 e. The summed E-state index contributed by atoms with van der Waals surface area (Å²) in [5.74, 6) is 0.645. The van der Waals surface area contributed by atoms with Crippen LogP contribution in [-0.2, 0) is 0 Å². The Balaban J connectivity index is 2.11. The van der Waals surface area contributed by atoms with Crippen molar-refractivity contribution in [2.45, 2.75) is 30.2 Å². The van der Waals surface area contributed by atoms with Gasteiger partial charge in [0.2, 0.25) is 0 Å². The first kappa shape index (κ1) is 12.6. The molecule has 1 aromatic rings. The molecule has 2 heterocycles. The van der Waals surface area contributed by atoms with Crippen LogP contribution in [0.5, 0.6) is 0 Å². The van der Waals surface area contributed by atoms with Crippen LogP contribution in [-0.4, -0.2) is 10.4 Å². The van der Waals surface area contributed by atoms with Gasteiger partial charge in [-0.15, -0.1) is 11.3 Å². The minimum absolute atomic E-state index is 0.558. The van der Waals surface area contributed by atoms with E-state index in [9.17, 15) is 0 Å². The molecule has 0 spiro atoms. The highest BCUT2D eigenvalue weighted by atomic mass is 35.5. The largest absolute Gasteiger partial charge is 0.304 e. The van der Waals surface area contributed by atoms with Gasteiger partial charge in [-0.3, -0.25) is 0 Å². The maximum Gasteiger partial charge on any atom is 0.172 e. The van der Waals surface area contributed by atoms with Gasteiger partial charge in [-0.25, -0.2) is 4.99 Å². The van der Waals surface area contributed by atoms with Gasteiger partial charge in [0.05, 0.1) is 10.0 Å². The van der Waals surface area contributed by atoms with Crippen LogP contribution in [0.25, 0.3) is 0 Å². The summed E-state index contributed by atoms with van der Waals surface area (Å²) in [7, 11) is 0. The molecule has 0 aromatic carbocycles. The van der Waals surface area contributed by atoms with Crippen molar-refractivity contribution in [1.29, 1.82) is 0 Å². The predicted octanol–water partition coefficient (Wildman–Crippen LogP) is 4.78. The molecule has 16 heavy (non-hydrogen) atoms.